The smallest absolute Gasteiger partial charge is 0.123 e. The molecule has 102 valence electrons. The molecule has 3 nitrogen and oxygen atoms in total. The summed E-state index contributed by atoms with van der Waals surface area (Å²) in [5, 5.41) is 3.42. The van der Waals surface area contributed by atoms with Crippen LogP contribution in [0.1, 0.15) is 25.2 Å². The first-order valence-corrected chi connectivity index (χ1v) is 6.71. The third kappa shape index (κ3) is 4.14. The SMILES string of the molecule is CC(C)NCc1ccc(N(C)Cc2ccco2)cc1. The van der Waals surface area contributed by atoms with Crippen LogP contribution < -0.4 is 10.2 Å². The van der Waals surface area contributed by atoms with E-state index in [-0.39, 0.29) is 0 Å². The first kappa shape index (κ1) is 13.7. The first-order valence-electron chi connectivity index (χ1n) is 6.71. The zero-order valence-corrected chi connectivity index (χ0v) is 11.9. The molecule has 0 saturated heterocycles. The van der Waals surface area contributed by atoms with Gasteiger partial charge in [0.05, 0.1) is 12.8 Å². The Morgan fingerprint density at radius 3 is 2.47 bits per heavy atom. The minimum absolute atomic E-state index is 0.515. The van der Waals surface area contributed by atoms with Crippen LogP contribution in [0.25, 0.3) is 0 Å². The van der Waals surface area contributed by atoms with E-state index >= 15 is 0 Å². The molecule has 0 aliphatic rings. The summed E-state index contributed by atoms with van der Waals surface area (Å²) in [6.07, 6.45) is 1.71. The van der Waals surface area contributed by atoms with Crippen LogP contribution in [-0.2, 0) is 13.1 Å². The second-order valence-corrected chi connectivity index (χ2v) is 5.14. The van der Waals surface area contributed by atoms with Crippen molar-refractivity contribution in [2.75, 3.05) is 11.9 Å². The van der Waals surface area contributed by atoms with Crippen molar-refractivity contribution >= 4 is 5.69 Å². The van der Waals surface area contributed by atoms with Crippen LogP contribution in [-0.4, -0.2) is 13.1 Å². The van der Waals surface area contributed by atoms with Crippen LogP contribution in [0.5, 0.6) is 0 Å². The van der Waals surface area contributed by atoms with Gasteiger partial charge < -0.3 is 14.6 Å². The van der Waals surface area contributed by atoms with Gasteiger partial charge in [0.15, 0.2) is 0 Å². The van der Waals surface area contributed by atoms with Gasteiger partial charge in [-0.05, 0) is 29.8 Å². The summed E-state index contributed by atoms with van der Waals surface area (Å²) in [6, 6.07) is 13.1. The number of furan rings is 1. The van der Waals surface area contributed by atoms with E-state index in [9.17, 15) is 0 Å². The van der Waals surface area contributed by atoms with E-state index in [2.05, 4.69) is 55.4 Å². The Labute approximate surface area is 115 Å². The molecule has 1 heterocycles. The fourth-order valence-corrected chi connectivity index (χ4v) is 1.92. The van der Waals surface area contributed by atoms with Gasteiger partial charge in [0.2, 0.25) is 0 Å². The molecule has 0 fully saturated rings. The maximum atomic E-state index is 5.36. The highest BCUT2D eigenvalue weighted by molar-refractivity contribution is 5.47. The van der Waals surface area contributed by atoms with Crippen LogP contribution in [0.4, 0.5) is 5.69 Å². The van der Waals surface area contributed by atoms with Crippen molar-refractivity contribution in [2.45, 2.75) is 33.0 Å². The lowest BCUT2D eigenvalue weighted by Crippen LogP contribution is -2.22. The largest absolute Gasteiger partial charge is 0.467 e. The van der Waals surface area contributed by atoms with Gasteiger partial charge in [0.25, 0.3) is 0 Å². The molecule has 1 aromatic carbocycles. The fourth-order valence-electron chi connectivity index (χ4n) is 1.92. The van der Waals surface area contributed by atoms with Crippen LogP contribution in [0.2, 0.25) is 0 Å². The number of anilines is 1. The maximum absolute atomic E-state index is 5.36. The Morgan fingerprint density at radius 2 is 1.89 bits per heavy atom. The molecule has 0 saturated carbocycles. The molecule has 0 bridgehead atoms. The Bertz CT molecular complexity index is 474. The first-order chi connectivity index (χ1) is 9.15. The zero-order chi connectivity index (χ0) is 13.7. The molecule has 0 aliphatic carbocycles. The average Bonchev–Trinajstić information content (AvgIpc) is 2.89. The summed E-state index contributed by atoms with van der Waals surface area (Å²) in [5.41, 5.74) is 2.51. The summed E-state index contributed by atoms with van der Waals surface area (Å²) in [7, 11) is 2.07. The number of nitrogens with zero attached hydrogens (tertiary/aromatic N) is 1. The minimum Gasteiger partial charge on any atom is -0.467 e. The molecule has 1 aromatic heterocycles. The van der Waals surface area contributed by atoms with Crippen molar-refractivity contribution < 1.29 is 4.42 Å². The summed E-state index contributed by atoms with van der Waals surface area (Å²) in [5.74, 6) is 0.980. The van der Waals surface area contributed by atoms with Crippen LogP contribution in [0.3, 0.4) is 0 Å². The van der Waals surface area contributed by atoms with Crippen molar-refractivity contribution in [1.82, 2.24) is 5.32 Å². The molecular weight excluding hydrogens is 236 g/mol. The maximum Gasteiger partial charge on any atom is 0.123 e. The third-order valence-electron chi connectivity index (χ3n) is 3.06. The minimum atomic E-state index is 0.515. The van der Waals surface area contributed by atoms with E-state index in [0.29, 0.717) is 6.04 Å². The normalized spacial score (nSPS) is 10.9. The van der Waals surface area contributed by atoms with Crippen LogP contribution >= 0.6 is 0 Å². The third-order valence-corrected chi connectivity index (χ3v) is 3.06. The molecule has 0 atom stereocenters. The van der Waals surface area contributed by atoms with Gasteiger partial charge in [0.1, 0.15) is 5.76 Å². The van der Waals surface area contributed by atoms with Gasteiger partial charge in [-0.3, -0.25) is 0 Å². The molecule has 0 unspecified atom stereocenters. The Kier molecular flexibility index (Phi) is 4.63. The number of nitrogens with one attached hydrogen (secondary N) is 1. The lowest BCUT2D eigenvalue weighted by molar-refractivity contribution is 0.507. The highest BCUT2D eigenvalue weighted by Gasteiger charge is 2.04. The molecule has 0 amide bonds. The highest BCUT2D eigenvalue weighted by Crippen LogP contribution is 2.16. The topological polar surface area (TPSA) is 28.4 Å². The van der Waals surface area contributed by atoms with Gasteiger partial charge in [-0.25, -0.2) is 0 Å². The number of hydrogen-bond donors (Lipinski definition) is 1. The zero-order valence-electron chi connectivity index (χ0n) is 11.9. The molecule has 0 spiro atoms. The second kappa shape index (κ2) is 6.43. The molecule has 1 N–H and O–H groups in total. The summed E-state index contributed by atoms with van der Waals surface area (Å²) < 4.78 is 5.36. The van der Waals surface area contributed by atoms with E-state index in [4.69, 9.17) is 4.42 Å². The molecular formula is C16H22N2O. The Morgan fingerprint density at radius 1 is 1.16 bits per heavy atom. The van der Waals surface area contributed by atoms with Gasteiger partial charge in [-0.2, -0.15) is 0 Å². The van der Waals surface area contributed by atoms with Crippen molar-refractivity contribution in [3.05, 3.63) is 54.0 Å². The van der Waals surface area contributed by atoms with E-state index in [1.54, 1.807) is 6.26 Å². The Balaban J connectivity index is 1.93. The second-order valence-electron chi connectivity index (χ2n) is 5.14. The van der Waals surface area contributed by atoms with E-state index in [1.807, 2.05) is 12.1 Å². The van der Waals surface area contributed by atoms with Gasteiger partial charge in [-0.1, -0.05) is 26.0 Å². The lowest BCUT2D eigenvalue weighted by Gasteiger charge is -2.18. The van der Waals surface area contributed by atoms with E-state index < -0.39 is 0 Å². The Hall–Kier alpha value is -1.74. The van der Waals surface area contributed by atoms with Gasteiger partial charge >= 0.3 is 0 Å². The monoisotopic (exact) mass is 258 g/mol. The summed E-state index contributed by atoms with van der Waals surface area (Å²) in [4.78, 5) is 2.18. The molecule has 0 radical (unpaired) electrons. The predicted octanol–water partition coefficient (Wildman–Crippen LogP) is 3.41. The van der Waals surface area contributed by atoms with E-state index in [0.717, 1.165) is 18.8 Å². The van der Waals surface area contributed by atoms with Crippen LogP contribution in [0.15, 0.2) is 47.1 Å². The average molecular weight is 258 g/mol. The van der Waals surface area contributed by atoms with E-state index in [1.165, 1.54) is 11.3 Å². The molecule has 3 heteroatoms. The van der Waals surface area contributed by atoms with Crippen molar-refractivity contribution in [3.8, 4) is 0 Å². The number of rotatable bonds is 6. The van der Waals surface area contributed by atoms with Gasteiger partial charge in [0, 0.05) is 25.3 Å². The summed E-state index contributed by atoms with van der Waals surface area (Å²) >= 11 is 0. The fraction of sp³-hybridized carbons (Fsp3) is 0.375. The molecule has 0 aliphatic heterocycles. The number of benzene rings is 1. The van der Waals surface area contributed by atoms with Crippen LogP contribution in [0, 0.1) is 0 Å². The quantitative estimate of drug-likeness (QED) is 0.860. The summed E-state index contributed by atoms with van der Waals surface area (Å²) in [6.45, 7) is 6.02. The lowest BCUT2D eigenvalue weighted by atomic mass is 10.2. The van der Waals surface area contributed by atoms with Crippen molar-refractivity contribution in [3.63, 3.8) is 0 Å². The molecule has 19 heavy (non-hydrogen) atoms. The van der Waals surface area contributed by atoms with Gasteiger partial charge in [-0.15, -0.1) is 0 Å². The molecule has 2 aromatic rings. The highest BCUT2D eigenvalue weighted by atomic mass is 16.3. The number of hydrogen-bond acceptors (Lipinski definition) is 3. The van der Waals surface area contributed by atoms with Crippen molar-refractivity contribution in [1.29, 1.82) is 0 Å². The van der Waals surface area contributed by atoms with Crippen molar-refractivity contribution in [2.24, 2.45) is 0 Å². The molecule has 2 rings (SSSR count). The predicted molar refractivity (Wildman–Crippen MR) is 79.2 cm³/mol. The standard InChI is InChI=1S/C16H22N2O/c1-13(2)17-11-14-6-8-15(9-7-14)18(3)12-16-5-4-10-19-16/h4-10,13,17H,11-12H2,1-3H3.